The summed E-state index contributed by atoms with van der Waals surface area (Å²) in [4.78, 5) is 11.3. The van der Waals surface area contributed by atoms with E-state index in [0.717, 1.165) is 54.0 Å². The molecule has 0 saturated carbocycles. The first-order valence-electron chi connectivity index (χ1n) is 7.70. The Hall–Kier alpha value is -2.82. The van der Waals surface area contributed by atoms with Crippen molar-refractivity contribution in [2.45, 2.75) is 12.8 Å². The van der Waals surface area contributed by atoms with Crippen LogP contribution in [0.1, 0.15) is 22.3 Å². The molecule has 0 radical (unpaired) electrons. The van der Waals surface area contributed by atoms with Crippen LogP contribution in [0.15, 0.2) is 41.5 Å². The molecule has 2 aliphatic heterocycles. The van der Waals surface area contributed by atoms with E-state index in [4.69, 9.17) is 10.5 Å². The number of nitrogens with two attached hydrogens (primary N) is 1. The Morgan fingerprint density at radius 1 is 1.13 bits per heavy atom. The van der Waals surface area contributed by atoms with Gasteiger partial charge < -0.3 is 10.5 Å². The van der Waals surface area contributed by atoms with E-state index in [2.05, 4.69) is 17.2 Å². The first kappa shape index (κ1) is 13.8. The minimum atomic E-state index is 0.563. The molecule has 0 saturated heterocycles. The van der Waals surface area contributed by atoms with Gasteiger partial charge in [0.25, 0.3) is 0 Å². The Kier molecular flexibility index (Phi) is 3.26. The first-order valence-corrected chi connectivity index (χ1v) is 7.70. The molecule has 0 aromatic heterocycles. The number of hydrogen-bond donors (Lipinski definition) is 1. The number of ether oxygens (including phenoxy) is 1. The average Bonchev–Trinajstić information content (AvgIpc) is 2.95. The zero-order chi connectivity index (χ0) is 15.8. The predicted octanol–water partition coefficient (Wildman–Crippen LogP) is 1.97. The molecule has 23 heavy (non-hydrogen) atoms. The van der Waals surface area contributed by atoms with Crippen LogP contribution in [0.25, 0.3) is 0 Å². The second-order valence-electron chi connectivity index (χ2n) is 5.80. The van der Waals surface area contributed by atoms with Gasteiger partial charge in [-0.05, 0) is 41.8 Å². The summed E-state index contributed by atoms with van der Waals surface area (Å²) in [6, 6.07) is 11.8. The van der Waals surface area contributed by atoms with Crippen LogP contribution in [0.5, 0.6) is 5.75 Å². The van der Waals surface area contributed by atoms with E-state index in [9.17, 15) is 4.79 Å². The van der Waals surface area contributed by atoms with Crippen molar-refractivity contribution in [3.63, 3.8) is 0 Å². The van der Waals surface area contributed by atoms with Crippen LogP contribution >= 0.6 is 0 Å². The lowest BCUT2D eigenvalue weighted by Gasteiger charge is -2.12. The third kappa shape index (κ3) is 2.44. The molecule has 5 heteroatoms. The fourth-order valence-corrected chi connectivity index (χ4v) is 3.09. The molecule has 2 N–H and O–H groups in total. The van der Waals surface area contributed by atoms with Crippen LogP contribution in [-0.2, 0) is 17.6 Å². The number of amides is 1. The zero-order valence-corrected chi connectivity index (χ0v) is 12.7. The lowest BCUT2D eigenvalue weighted by atomic mass is 9.93. The summed E-state index contributed by atoms with van der Waals surface area (Å²) in [7, 11) is 0. The van der Waals surface area contributed by atoms with E-state index < -0.39 is 0 Å². The minimum absolute atomic E-state index is 0.563. The third-order valence-electron chi connectivity index (χ3n) is 4.31. The van der Waals surface area contributed by atoms with Gasteiger partial charge in [-0.1, -0.05) is 12.1 Å². The summed E-state index contributed by atoms with van der Waals surface area (Å²) >= 11 is 0. The molecule has 0 spiro atoms. The maximum absolute atomic E-state index is 11.3. The quantitative estimate of drug-likeness (QED) is 0.681. The summed E-state index contributed by atoms with van der Waals surface area (Å²) in [6.45, 7) is 1.29. The van der Waals surface area contributed by atoms with Crippen LogP contribution in [0.2, 0.25) is 0 Å². The molecule has 0 atom stereocenters. The molecule has 2 aliphatic rings. The number of hydrogen-bond acceptors (Lipinski definition) is 4. The van der Waals surface area contributed by atoms with Crippen LogP contribution in [0.4, 0.5) is 5.69 Å². The molecular weight excluding hydrogens is 290 g/mol. The molecule has 4 rings (SSSR count). The number of rotatable bonds is 2. The Labute approximate surface area is 134 Å². The van der Waals surface area contributed by atoms with Gasteiger partial charge in [0.15, 0.2) is 0 Å². The maximum Gasteiger partial charge on any atom is 0.229 e. The number of carbonyl (C=O) groups excluding carboxylic acids is 1. The summed E-state index contributed by atoms with van der Waals surface area (Å²) in [6.07, 6.45) is 2.44. The standard InChI is InChI=1S/C18H17N3O2/c19-15-3-1-12(2-4-15)18-16-9-14-6-8-23-17(14)10-13(16)5-7-21(11-22)20-18/h1-4,9-11H,5-8,19H2. The fraction of sp³-hybridized carbons (Fsp3) is 0.222. The van der Waals surface area contributed by atoms with Crippen molar-refractivity contribution in [3.8, 4) is 5.75 Å². The smallest absolute Gasteiger partial charge is 0.229 e. The molecule has 2 aromatic carbocycles. The number of nitrogen functional groups attached to an aromatic ring is 1. The highest BCUT2D eigenvalue weighted by Crippen LogP contribution is 2.31. The lowest BCUT2D eigenvalue weighted by Crippen LogP contribution is -2.18. The van der Waals surface area contributed by atoms with Gasteiger partial charge in [0.1, 0.15) is 5.75 Å². The summed E-state index contributed by atoms with van der Waals surface area (Å²) in [5.41, 5.74) is 11.7. The molecule has 0 aliphatic carbocycles. The Balaban J connectivity index is 1.89. The van der Waals surface area contributed by atoms with Crippen molar-refractivity contribution in [2.24, 2.45) is 5.10 Å². The van der Waals surface area contributed by atoms with Crippen LogP contribution in [-0.4, -0.2) is 30.3 Å². The second kappa shape index (κ2) is 5.43. The molecule has 2 heterocycles. The Morgan fingerprint density at radius 3 is 2.74 bits per heavy atom. The van der Waals surface area contributed by atoms with Crippen LogP contribution in [0.3, 0.4) is 0 Å². The fourth-order valence-electron chi connectivity index (χ4n) is 3.09. The molecule has 0 bridgehead atoms. The van der Waals surface area contributed by atoms with E-state index in [1.165, 1.54) is 10.6 Å². The zero-order valence-electron chi connectivity index (χ0n) is 12.7. The highest BCUT2D eigenvalue weighted by molar-refractivity contribution is 6.14. The number of fused-ring (bicyclic) bond motifs is 2. The van der Waals surface area contributed by atoms with Gasteiger partial charge in [-0.25, -0.2) is 5.01 Å². The van der Waals surface area contributed by atoms with Gasteiger partial charge in [-0.3, -0.25) is 4.79 Å². The molecule has 5 nitrogen and oxygen atoms in total. The molecule has 1 amide bonds. The monoisotopic (exact) mass is 307 g/mol. The van der Waals surface area contributed by atoms with Crippen molar-refractivity contribution in [2.75, 3.05) is 18.9 Å². The maximum atomic E-state index is 11.3. The Morgan fingerprint density at radius 2 is 1.96 bits per heavy atom. The Bertz CT molecular complexity index is 797. The van der Waals surface area contributed by atoms with Crippen LogP contribution in [0, 0.1) is 0 Å². The molecule has 2 aromatic rings. The van der Waals surface area contributed by atoms with Gasteiger partial charge in [0, 0.05) is 29.8 Å². The number of benzene rings is 2. The van der Waals surface area contributed by atoms with Gasteiger partial charge in [-0.2, -0.15) is 5.10 Å². The van der Waals surface area contributed by atoms with E-state index in [1.54, 1.807) is 0 Å². The first-order chi connectivity index (χ1) is 11.2. The summed E-state index contributed by atoms with van der Waals surface area (Å²) < 4.78 is 5.68. The normalized spacial score (nSPS) is 16.0. The number of hydrazone groups is 1. The van der Waals surface area contributed by atoms with Crippen molar-refractivity contribution in [1.82, 2.24) is 5.01 Å². The van der Waals surface area contributed by atoms with Crippen molar-refractivity contribution < 1.29 is 9.53 Å². The van der Waals surface area contributed by atoms with Crippen molar-refractivity contribution >= 4 is 17.8 Å². The van der Waals surface area contributed by atoms with Crippen LogP contribution < -0.4 is 10.5 Å². The predicted molar refractivity (Wildman–Crippen MR) is 88.6 cm³/mol. The molecular formula is C18H17N3O2. The topological polar surface area (TPSA) is 67.9 Å². The molecule has 0 unspecified atom stereocenters. The minimum Gasteiger partial charge on any atom is -0.493 e. The highest BCUT2D eigenvalue weighted by atomic mass is 16.5. The second-order valence-corrected chi connectivity index (χ2v) is 5.80. The summed E-state index contributed by atoms with van der Waals surface area (Å²) in [5.74, 6) is 0.958. The largest absolute Gasteiger partial charge is 0.493 e. The summed E-state index contributed by atoms with van der Waals surface area (Å²) in [5, 5.41) is 6.02. The van der Waals surface area contributed by atoms with E-state index in [0.29, 0.717) is 12.2 Å². The van der Waals surface area contributed by atoms with Crippen molar-refractivity contribution in [1.29, 1.82) is 0 Å². The number of anilines is 1. The van der Waals surface area contributed by atoms with Gasteiger partial charge in [0.2, 0.25) is 6.41 Å². The van der Waals surface area contributed by atoms with Gasteiger partial charge in [0.05, 0.1) is 12.3 Å². The van der Waals surface area contributed by atoms with E-state index in [1.807, 2.05) is 24.3 Å². The number of carbonyl (C=O) groups is 1. The van der Waals surface area contributed by atoms with E-state index >= 15 is 0 Å². The third-order valence-corrected chi connectivity index (χ3v) is 4.31. The number of nitrogens with zero attached hydrogens (tertiary/aromatic N) is 2. The SMILES string of the molecule is Nc1ccc(C2=NN(C=O)CCc3cc4c(cc32)CCO4)cc1. The highest BCUT2D eigenvalue weighted by Gasteiger charge is 2.22. The van der Waals surface area contributed by atoms with Gasteiger partial charge >= 0.3 is 0 Å². The van der Waals surface area contributed by atoms with Crippen molar-refractivity contribution in [3.05, 3.63) is 58.7 Å². The van der Waals surface area contributed by atoms with E-state index in [-0.39, 0.29) is 0 Å². The average molecular weight is 307 g/mol. The van der Waals surface area contributed by atoms with Gasteiger partial charge in [-0.15, -0.1) is 0 Å². The molecule has 116 valence electrons. The molecule has 0 fully saturated rings. The lowest BCUT2D eigenvalue weighted by molar-refractivity contribution is -0.118.